The number of hydrogen-bond donors (Lipinski definition) is 1. The van der Waals surface area contributed by atoms with Crippen LogP contribution in [0.2, 0.25) is 0 Å². The molecule has 0 aromatic rings. The van der Waals surface area contributed by atoms with Crippen molar-refractivity contribution in [1.29, 1.82) is 0 Å². The van der Waals surface area contributed by atoms with Crippen LogP contribution in [0.3, 0.4) is 0 Å². The van der Waals surface area contributed by atoms with Gasteiger partial charge in [-0.3, -0.25) is 0 Å². The fourth-order valence-electron chi connectivity index (χ4n) is 6.41. The van der Waals surface area contributed by atoms with Gasteiger partial charge < -0.3 is 9.84 Å². The molecule has 3 rings (SSSR count). The molecule has 1 aliphatic heterocycles. The first-order chi connectivity index (χ1) is 10.1. The van der Waals surface area contributed by atoms with Gasteiger partial charge in [0.2, 0.25) is 0 Å². The highest BCUT2D eigenvalue weighted by atomic mass is 16.5. The van der Waals surface area contributed by atoms with E-state index in [1.54, 1.807) is 0 Å². The molecule has 126 valence electrons. The molecule has 0 spiro atoms. The highest BCUT2D eigenvalue weighted by Crippen LogP contribution is 2.65. The van der Waals surface area contributed by atoms with Gasteiger partial charge in [0.15, 0.2) is 0 Å². The number of aliphatic hydroxyl groups is 1. The Hall–Kier alpha value is -0.340. The van der Waals surface area contributed by atoms with Crippen molar-refractivity contribution in [2.24, 2.45) is 22.7 Å². The normalized spacial score (nSPS) is 54.2. The lowest BCUT2D eigenvalue weighted by Gasteiger charge is -2.65. The van der Waals surface area contributed by atoms with Crippen molar-refractivity contribution in [3.63, 3.8) is 0 Å². The third-order valence-electron chi connectivity index (χ3n) is 7.80. The minimum Gasteiger partial charge on any atom is -0.393 e. The molecule has 0 bridgehead atoms. The molecular weight excluding hydrogens is 272 g/mol. The summed E-state index contributed by atoms with van der Waals surface area (Å²) in [5.41, 5.74) is 0.106. The summed E-state index contributed by atoms with van der Waals surface area (Å²) in [6.45, 7) is 15.5. The van der Waals surface area contributed by atoms with E-state index in [2.05, 4.69) is 41.2 Å². The Bertz CT molecular complexity index is 470. The molecule has 1 N–H and O–H groups in total. The molecule has 22 heavy (non-hydrogen) atoms. The first-order valence-corrected chi connectivity index (χ1v) is 9.09. The molecule has 3 aliphatic rings. The van der Waals surface area contributed by atoms with Gasteiger partial charge in [0.05, 0.1) is 17.3 Å². The van der Waals surface area contributed by atoms with Gasteiger partial charge in [-0.25, -0.2) is 0 Å². The van der Waals surface area contributed by atoms with Crippen LogP contribution < -0.4 is 0 Å². The molecule has 0 amide bonds. The Labute approximate surface area is 136 Å². The minimum atomic E-state index is -0.169. The monoisotopic (exact) mass is 306 g/mol. The number of hydrogen-bond acceptors (Lipinski definition) is 2. The van der Waals surface area contributed by atoms with Crippen LogP contribution >= 0.6 is 0 Å². The second kappa shape index (κ2) is 4.83. The number of fused-ring (bicyclic) bond motifs is 3. The predicted octanol–water partition coefficient (Wildman–Crippen LogP) is 4.71. The van der Waals surface area contributed by atoms with Gasteiger partial charge in [0.25, 0.3) is 0 Å². The van der Waals surface area contributed by atoms with Crippen molar-refractivity contribution in [3.05, 3.63) is 12.7 Å². The van der Waals surface area contributed by atoms with Gasteiger partial charge in [0, 0.05) is 0 Å². The lowest BCUT2D eigenvalue weighted by molar-refractivity contribution is -0.262. The van der Waals surface area contributed by atoms with Gasteiger partial charge in [-0.2, -0.15) is 0 Å². The van der Waals surface area contributed by atoms with Crippen molar-refractivity contribution in [1.82, 2.24) is 0 Å². The van der Waals surface area contributed by atoms with Crippen molar-refractivity contribution in [3.8, 4) is 0 Å². The van der Waals surface area contributed by atoms with E-state index in [4.69, 9.17) is 4.74 Å². The average Bonchev–Trinajstić information content (AvgIpc) is 2.42. The Morgan fingerprint density at radius 3 is 2.23 bits per heavy atom. The molecular formula is C20H34O2. The van der Waals surface area contributed by atoms with Gasteiger partial charge in [-0.05, 0) is 75.0 Å². The molecule has 2 aliphatic carbocycles. The third-order valence-corrected chi connectivity index (χ3v) is 7.80. The smallest absolute Gasteiger partial charge is 0.0839 e. The van der Waals surface area contributed by atoms with E-state index in [0.717, 1.165) is 25.7 Å². The molecule has 0 radical (unpaired) electrons. The van der Waals surface area contributed by atoms with Crippen molar-refractivity contribution < 1.29 is 9.84 Å². The van der Waals surface area contributed by atoms with Crippen LogP contribution in [0.4, 0.5) is 0 Å². The van der Waals surface area contributed by atoms with E-state index in [1.807, 2.05) is 6.08 Å². The largest absolute Gasteiger partial charge is 0.393 e. The quantitative estimate of drug-likeness (QED) is 0.711. The minimum absolute atomic E-state index is 0.0213. The Kier molecular flexibility index (Phi) is 3.63. The highest BCUT2D eigenvalue weighted by molar-refractivity contribution is 5.13. The van der Waals surface area contributed by atoms with Gasteiger partial charge in [-0.15, -0.1) is 6.58 Å². The summed E-state index contributed by atoms with van der Waals surface area (Å²) in [5.74, 6) is 1.19. The Morgan fingerprint density at radius 2 is 1.59 bits per heavy atom. The molecule has 2 nitrogen and oxygen atoms in total. The zero-order chi connectivity index (χ0) is 16.4. The first-order valence-electron chi connectivity index (χ1n) is 9.09. The summed E-state index contributed by atoms with van der Waals surface area (Å²) < 4.78 is 6.64. The van der Waals surface area contributed by atoms with Crippen molar-refractivity contribution in [2.45, 2.75) is 90.4 Å². The SMILES string of the molecule is C=C[C@@]1(C)CC[C@@H]2[C@]3(C)CC[C@H](O)C(C)(C)[C@H]3CC[C@]2(C)O1. The third kappa shape index (κ3) is 2.13. The molecule has 1 saturated heterocycles. The molecule has 0 unspecified atom stereocenters. The van der Waals surface area contributed by atoms with E-state index < -0.39 is 0 Å². The maximum atomic E-state index is 10.5. The van der Waals surface area contributed by atoms with Crippen LogP contribution in [0, 0.1) is 22.7 Å². The lowest BCUT2D eigenvalue weighted by Crippen LogP contribution is -2.64. The summed E-state index contributed by atoms with van der Waals surface area (Å²) in [4.78, 5) is 0. The van der Waals surface area contributed by atoms with Crippen LogP contribution in [-0.4, -0.2) is 22.4 Å². The standard InChI is InChI=1S/C20H34O2/c1-7-18(4)11-8-15-19(5)12-10-16(21)17(2,3)14(19)9-13-20(15,6)22-18/h7,14-16,21H,1,8-13H2,2-6H3/t14-,15-,16+,18+,19-,20+/m1/s1. The number of rotatable bonds is 1. The molecule has 2 heteroatoms. The Morgan fingerprint density at radius 1 is 0.955 bits per heavy atom. The number of aliphatic hydroxyl groups excluding tert-OH is 1. The van der Waals surface area contributed by atoms with E-state index in [9.17, 15) is 5.11 Å². The van der Waals surface area contributed by atoms with Gasteiger partial charge in [0.1, 0.15) is 0 Å². The summed E-state index contributed by atoms with van der Waals surface area (Å²) in [6, 6.07) is 0. The van der Waals surface area contributed by atoms with Crippen LogP contribution in [0.25, 0.3) is 0 Å². The summed E-state index contributed by atoms with van der Waals surface area (Å²) in [5, 5.41) is 10.5. The average molecular weight is 306 g/mol. The molecule has 0 aromatic carbocycles. The molecule has 2 saturated carbocycles. The maximum absolute atomic E-state index is 10.5. The molecule has 3 fully saturated rings. The molecule has 1 heterocycles. The van der Waals surface area contributed by atoms with Crippen LogP contribution in [-0.2, 0) is 4.74 Å². The molecule has 0 aromatic heterocycles. The first kappa shape index (κ1) is 16.5. The van der Waals surface area contributed by atoms with Crippen molar-refractivity contribution >= 4 is 0 Å². The second-order valence-corrected chi connectivity index (χ2v) is 9.50. The Balaban J connectivity index is 1.95. The zero-order valence-corrected chi connectivity index (χ0v) is 15.1. The zero-order valence-electron chi connectivity index (χ0n) is 15.1. The summed E-state index contributed by atoms with van der Waals surface area (Å²) in [7, 11) is 0. The fourth-order valence-corrected chi connectivity index (χ4v) is 6.41. The van der Waals surface area contributed by atoms with Gasteiger partial charge in [-0.1, -0.05) is 26.8 Å². The van der Waals surface area contributed by atoms with E-state index >= 15 is 0 Å². The van der Waals surface area contributed by atoms with Crippen LogP contribution in [0.15, 0.2) is 12.7 Å². The molecule has 6 atom stereocenters. The lowest BCUT2D eigenvalue weighted by atomic mass is 9.44. The predicted molar refractivity (Wildman–Crippen MR) is 90.7 cm³/mol. The second-order valence-electron chi connectivity index (χ2n) is 9.50. The van der Waals surface area contributed by atoms with E-state index in [-0.39, 0.29) is 28.1 Å². The maximum Gasteiger partial charge on any atom is 0.0839 e. The topological polar surface area (TPSA) is 29.5 Å². The summed E-state index contributed by atoms with van der Waals surface area (Å²) >= 11 is 0. The highest BCUT2D eigenvalue weighted by Gasteiger charge is 2.62. The van der Waals surface area contributed by atoms with Crippen LogP contribution in [0.1, 0.15) is 73.1 Å². The summed E-state index contributed by atoms with van der Waals surface area (Å²) in [6.07, 6.45) is 8.48. The van der Waals surface area contributed by atoms with E-state index in [1.165, 1.54) is 12.8 Å². The van der Waals surface area contributed by atoms with Crippen LogP contribution in [0.5, 0.6) is 0 Å². The van der Waals surface area contributed by atoms with Crippen molar-refractivity contribution in [2.75, 3.05) is 0 Å². The fraction of sp³-hybridized carbons (Fsp3) is 0.900. The van der Waals surface area contributed by atoms with E-state index in [0.29, 0.717) is 11.8 Å². The van der Waals surface area contributed by atoms with Gasteiger partial charge >= 0.3 is 0 Å². The number of ether oxygens (including phenoxy) is 1.